The lowest BCUT2D eigenvalue weighted by Gasteiger charge is -2.07. The maximum Gasteiger partial charge on any atom is 0.253 e. The fourth-order valence-electron chi connectivity index (χ4n) is 2.19. The number of benzene rings is 2. The second-order valence-corrected chi connectivity index (χ2v) is 5.56. The third kappa shape index (κ3) is 2.09. The molecule has 0 unspecified atom stereocenters. The van der Waals surface area contributed by atoms with E-state index >= 15 is 0 Å². The molecule has 0 radical (unpaired) electrons. The van der Waals surface area contributed by atoms with Crippen LogP contribution in [-0.4, -0.2) is 11.0 Å². The Balaban J connectivity index is 2.23. The molecule has 2 nitrogen and oxygen atoms in total. The van der Waals surface area contributed by atoms with E-state index in [1.165, 1.54) is 11.8 Å². The zero-order valence-corrected chi connectivity index (χ0v) is 11.4. The monoisotopic (exact) mass is 288 g/mol. The lowest BCUT2D eigenvalue weighted by Crippen LogP contribution is -2.05. The quantitative estimate of drug-likeness (QED) is 0.746. The molecule has 0 amide bonds. The van der Waals surface area contributed by atoms with Gasteiger partial charge in [-0.1, -0.05) is 30.3 Å². The third-order valence-corrected chi connectivity index (χ3v) is 4.49. The molecular formula is C15H9ClO2S. The van der Waals surface area contributed by atoms with Crippen LogP contribution in [0.4, 0.5) is 0 Å². The van der Waals surface area contributed by atoms with Gasteiger partial charge in [-0.05, 0) is 29.3 Å². The fourth-order valence-corrected chi connectivity index (χ4v) is 3.59. The van der Waals surface area contributed by atoms with E-state index in [0.717, 1.165) is 5.56 Å². The Morgan fingerprint density at radius 2 is 1.79 bits per heavy atom. The smallest absolute Gasteiger partial charge is 0.253 e. The molecule has 0 fully saturated rings. The summed E-state index contributed by atoms with van der Waals surface area (Å²) < 4.78 is 0. The van der Waals surface area contributed by atoms with Gasteiger partial charge >= 0.3 is 0 Å². The Morgan fingerprint density at radius 3 is 2.58 bits per heavy atom. The minimum atomic E-state index is -0.525. The fraction of sp³-hybridized carbons (Fsp3) is 0.0667. The van der Waals surface area contributed by atoms with E-state index in [-0.39, 0.29) is 5.78 Å². The molecule has 1 aliphatic heterocycles. The minimum absolute atomic E-state index is 0.0460. The van der Waals surface area contributed by atoms with Crippen molar-refractivity contribution in [2.24, 2.45) is 0 Å². The number of halogens is 1. The highest BCUT2D eigenvalue weighted by Gasteiger charge is 2.24. The number of ketones is 1. The van der Waals surface area contributed by atoms with Crippen LogP contribution >= 0.6 is 23.4 Å². The first-order valence-corrected chi connectivity index (χ1v) is 7.13. The van der Waals surface area contributed by atoms with Crippen molar-refractivity contribution >= 4 is 34.4 Å². The van der Waals surface area contributed by atoms with E-state index in [2.05, 4.69) is 0 Å². The number of carbonyl (C=O) groups is 2. The van der Waals surface area contributed by atoms with E-state index in [9.17, 15) is 9.59 Å². The van der Waals surface area contributed by atoms with Crippen molar-refractivity contribution in [3.63, 3.8) is 0 Å². The van der Waals surface area contributed by atoms with Crippen LogP contribution in [0.3, 0.4) is 0 Å². The number of hydrogen-bond acceptors (Lipinski definition) is 3. The molecule has 94 valence electrons. The molecule has 0 aliphatic carbocycles. The summed E-state index contributed by atoms with van der Waals surface area (Å²) in [7, 11) is 0. The lowest BCUT2D eigenvalue weighted by molar-refractivity contribution is 0.103. The predicted octanol–water partition coefficient (Wildman–Crippen LogP) is 3.90. The van der Waals surface area contributed by atoms with E-state index in [1.54, 1.807) is 18.2 Å². The van der Waals surface area contributed by atoms with Crippen LogP contribution < -0.4 is 0 Å². The summed E-state index contributed by atoms with van der Waals surface area (Å²) in [5.74, 6) is 0.617. The van der Waals surface area contributed by atoms with Gasteiger partial charge < -0.3 is 0 Å². The van der Waals surface area contributed by atoms with Gasteiger partial charge in [0.2, 0.25) is 0 Å². The van der Waals surface area contributed by atoms with Gasteiger partial charge in [-0.15, -0.1) is 11.8 Å². The molecule has 2 aromatic carbocycles. The second-order valence-electron chi connectivity index (χ2n) is 4.23. The average Bonchev–Trinajstić information content (AvgIpc) is 2.57. The van der Waals surface area contributed by atoms with Crippen LogP contribution in [0.25, 0.3) is 0 Å². The van der Waals surface area contributed by atoms with Gasteiger partial charge in [0.25, 0.3) is 5.24 Å². The highest BCUT2D eigenvalue weighted by atomic mass is 35.5. The standard InChI is InChI=1S/C15H9ClO2S/c16-15(18)12-7-3-6-11-13(17)10-5-2-1-4-9(10)8-19-14(11)12/h1-7H,8H2. The number of thioether (sulfide) groups is 1. The van der Waals surface area contributed by atoms with Crippen molar-refractivity contribution in [1.82, 2.24) is 0 Å². The van der Waals surface area contributed by atoms with Gasteiger partial charge in [-0.25, -0.2) is 0 Å². The zero-order chi connectivity index (χ0) is 13.4. The van der Waals surface area contributed by atoms with Crippen LogP contribution in [0.2, 0.25) is 0 Å². The van der Waals surface area contributed by atoms with Crippen molar-refractivity contribution in [3.05, 3.63) is 64.7 Å². The predicted molar refractivity (Wildman–Crippen MR) is 76.1 cm³/mol. The van der Waals surface area contributed by atoms with Crippen LogP contribution in [-0.2, 0) is 5.75 Å². The largest absolute Gasteiger partial charge is 0.289 e. The van der Waals surface area contributed by atoms with E-state index < -0.39 is 5.24 Å². The molecule has 0 bridgehead atoms. The average molecular weight is 289 g/mol. The highest BCUT2D eigenvalue weighted by Crippen LogP contribution is 2.36. The summed E-state index contributed by atoms with van der Waals surface area (Å²) in [5, 5.41) is -0.525. The topological polar surface area (TPSA) is 34.1 Å². The molecule has 0 atom stereocenters. The number of fused-ring (bicyclic) bond motifs is 2. The molecule has 0 saturated carbocycles. The number of hydrogen-bond donors (Lipinski definition) is 0. The van der Waals surface area contributed by atoms with Crippen molar-refractivity contribution in [2.75, 3.05) is 0 Å². The maximum atomic E-state index is 12.5. The first-order chi connectivity index (χ1) is 9.18. The zero-order valence-electron chi connectivity index (χ0n) is 9.85. The molecular weight excluding hydrogens is 280 g/mol. The van der Waals surface area contributed by atoms with Gasteiger partial charge in [-0.2, -0.15) is 0 Å². The van der Waals surface area contributed by atoms with Crippen molar-refractivity contribution in [2.45, 2.75) is 10.6 Å². The molecule has 19 heavy (non-hydrogen) atoms. The molecule has 4 heteroatoms. The lowest BCUT2D eigenvalue weighted by atomic mass is 9.98. The van der Waals surface area contributed by atoms with Gasteiger partial charge in [0.15, 0.2) is 5.78 Å². The van der Waals surface area contributed by atoms with E-state index in [1.807, 2.05) is 24.3 Å². The molecule has 0 aromatic heterocycles. The first-order valence-electron chi connectivity index (χ1n) is 5.76. The molecule has 0 saturated heterocycles. The number of carbonyl (C=O) groups excluding carboxylic acids is 2. The summed E-state index contributed by atoms with van der Waals surface area (Å²) in [5.41, 5.74) is 2.65. The molecule has 3 rings (SSSR count). The minimum Gasteiger partial charge on any atom is -0.289 e. The molecule has 2 aromatic rings. The van der Waals surface area contributed by atoms with Crippen LogP contribution in [0.5, 0.6) is 0 Å². The van der Waals surface area contributed by atoms with Crippen molar-refractivity contribution < 1.29 is 9.59 Å². The van der Waals surface area contributed by atoms with E-state index in [4.69, 9.17) is 11.6 Å². The third-order valence-electron chi connectivity index (χ3n) is 3.11. The molecule has 1 aliphatic rings. The Morgan fingerprint density at radius 1 is 1.05 bits per heavy atom. The van der Waals surface area contributed by atoms with Crippen molar-refractivity contribution in [1.29, 1.82) is 0 Å². The summed E-state index contributed by atoms with van der Waals surface area (Å²) >= 11 is 7.07. The Bertz CT molecular complexity index is 694. The SMILES string of the molecule is O=C(Cl)c1cccc2c1SCc1ccccc1C2=O. The van der Waals surface area contributed by atoms with Crippen LogP contribution in [0.1, 0.15) is 31.8 Å². The molecule has 0 N–H and O–H groups in total. The maximum absolute atomic E-state index is 12.5. The molecule has 0 spiro atoms. The van der Waals surface area contributed by atoms with Crippen LogP contribution in [0.15, 0.2) is 47.4 Å². The Kier molecular flexibility index (Phi) is 3.17. The van der Waals surface area contributed by atoms with Gasteiger partial charge in [-0.3, -0.25) is 9.59 Å². The summed E-state index contributed by atoms with van der Waals surface area (Å²) in [4.78, 5) is 24.7. The Labute approximate surface area is 119 Å². The molecule has 1 heterocycles. The Hall–Kier alpha value is -1.58. The summed E-state index contributed by atoms with van der Waals surface area (Å²) in [6.45, 7) is 0. The second kappa shape index (κ2) is 4.83. The van der Waals surface area contributed by atoms with Crippen LogP contribution in [0, 0.1) is 0 Å². The first kappa shape index (κ1) is 12.5. The number of rotatable bonds is 1. The van der Waals surface area contributed by atoms with Gasteiger partial charge in [0.05, 0.1) is 0 Å². The summed E-state index contributed by atoms with van der Waals surface area (Å²) in [6.07, 6.45) is 0. The van der Waals surface area contributed by atoms with Gasteiger partial charge in [0.1, 0.15) is 0 Å². The van der Waals surface area contributed by atoms with E-state index in [0.29, 0.717) is 27.3 Å². The van der Waals surface area contributed by atoms with Crippen molar-refractivity contribution in [3.8, 4) is 0 Å². The summed E-state index contributed by atoms with van der Waals surface area (Å²) in [6, 6.07) is 12.6. The normalized spacial score (nSPS) is 13.4. The van der Waals surface area contributed by atoms with Gasteiger partial charge in [0, 0.05) is 27.3 Å². The highest BCUT2D eigenvalue weighted by molar-refractivity contribution is 7.98.